The molecule has 26 heavy (non-hydrogen) atoms. The van der Waals surface area contributed by atoms with Gasteiger partial charge in [0.05, 0.1) is 22.3 Å². The van der Waals surface area contributed by atoms with E-state index >= 15 is 0 Å². The van der Waals surface area contributed by atoms with Crippen LogP contribution in [0.15, 0.2) is 60.8 Å². The highest BCUT2D eigenvalue weighted by atomic mass is 16.2. The Morgan fingerprint density at radius 1 is 0.962 bits per heavy atom. The van der Waals surface area contributed by atoms with Crippen LogP contribution in [0.4, 0.5) is 5.69 Å². The van der Waals surface area contributed by atoms with Crippen molar-refractivity contribution in [3.63, 3.8) is 0 Å². The van der Waals surface area contributed by atoms with Crippen molar-refractivity contribution in [2.24, 2.45) is 0 Å². The van der Waals surface area contributed by atoms with Crippen LogP contribution in [0, 0.1) is 0 Å². The topological polar surface area (TPSA) is 79.4 Å². The molecule has 6 nitrogen and oxygen atoms in total. The number of fused-ring (bicyclic) bond motifs is 2. The second kappa shape index (κ2) is 6.07. The number of anilines is 1. The Balaban J connectivity index is 1.61. The number of nitrogens with one attached hydrogen (secondary N) is 1. The van der Waals surface area contributed by atoms with Gasteiger partial charge in [-0.1, -0.05) is 18.2 Å². The molecule has 2 heterocycles. The molecule has 2 aromatic carbocycles. The molecule has 0 saturated carbocycles. The number of nitrogens with zero attached hydrogens (tertiary/aromatic N) is 2. The van der Waals surface area contributed by atoms with Crippen LogP contribution < -0.4 is 5.32 Å². The quantitative estimate of drug-likeness (QED) is 0.740. The van der Waals surface area contributed by atoms with Gasteiger partial charge in [-0.05, 0) is 43.3 Å². The fourth-order valence-electron chi connectivity index (χ4n) is 3.13. The summed E-state index contributed by atoms with van der Waals surface area (Å²) in [6.07, 6.45) is 1.68. The van der Waals surface area contributed by atoms with E-state index in [1.165, 1.54) is 0 Å². The first-order valence-electron chi connectivity index (χ1n) is 8.19. The van der Waals surface area contributed by atoms with E-state index in [1.54, 1.807) is 55.6 Å². The third-order valence-corrected chi connectivity index (χ3v) is 4.50. The Bertz CT molecular complexity index is 1020. The minimum atomic E-state index is -0.936. The fourth-order valence-corrected chi connectivity index (χ4v) is 3.13. The Labute approximate surface area is 149 Å². The fraction of sp³-hybridized carbons (Fsp3) is 0.100. The van der Waals surface area contributed by atoms with Gasteiger partial charge in [-0.2, -0.15) is 0 Å². The van der Waals surface area contributed by atoms with Gasteiger partial charge in [0.15, 0.2) is 0 Å². The maximum Gasteiger partial charge on any atom is 0.262 e. The van der Waals surface area contributed by atoms with Crippen molar-refractivity contribution in [3.05, 3.63) is 71.9 Å². The number of pyridine rings is 1. The van der Waals surface area contributed by atoms with Crippen molar-refractivity contribution in [1.29, 1.82) is 0 Å². The van der Waals surface area contributed by atoms with Gasteiger partial charge >= 0.3 is 0 Å². The summed E-state index contributed by atoms with van der Waals surface area (Å²) >= 11 is 0. The third-order valence-electron chi connectivity index (χ3n) is 4.50. The normalized spacial score (nSPS) is 14.4. The summed E-state index contributed by atoms with van der Waals surface area (Å²) in [5.74, 6) is -1.34. The minimum Gasteiger partial charge on any atom is -0.324 e. The van der Waals surface area contributed by atoms with Crippen molar-refractivity contribution in [2.75, 3.05) is 5.32 Å². The maximum atomic E-state index is 12.7. The number of benzene rings is 2. The first kappa shape index (κ1) is 16.0. The van der Waals surface area contributed by atoms with Gasteiger partial charge in [0, 0.05) is 11.6 Å². The SMILES string of the molecule is C[C@H](C(=O)Nc1cccc2ncccc12)N1C(=O)c2ccccc2C1=O. The molecule has 0 spiro atoms. The standard InChI is InChI=1S/C20H15N3O3/c1-12(23-19(25)13-6-2-3-7-14(13)20(23)26)18(24)22-17-10-4-9-16-15(17)8-5-11-21-16/h2-12H,1H3,(H,22,24)/t12-/m1/s1. The molecular weight excluding hydrogens is 330 g/mol. The lowest BCUT2D eigenvalue weighted by atomic mass is 10.1. The summed E-state index contributed by atoms with van der Waals surface area (Å²) < 4.78 is 0. The number of rotatable bonds is 3. The summed E-state index contributed by atoms with van der Waals surface area (Å²) in [4.78, 5) is 43.0. The molecule has 6 heteroatoms. The molecule has 0 saturated heterocycles. The van der Waals surface area contributed by atoms with Crippen molar-refractivity contribution in [1.82, 2.24) is 9.88 Å². The summed E-state index contributed by atoms with van der Waals surface area (Å²) in [6.45, 7) is 1.54. The van der Waals surface area contributed by atoms with Gasteiger partial charge in [0.25, 0.3) is 11.8 Å². The van der Waals surface area contributed by atoms with Gasteiger partial charge in [0.2, 0.25) is 5.91 Å². The number of carbonyl (C=O) groups excluding carboxylic acids is 3. The molecule has 1 aliphatic heterocycles. The molecule has 0 fully saturated rings. The Kier molecular flexibility index (Phi) is 3.73. The summed E-state index contributed by atoms with van der Waals surface area (Å²) in [7, 11) is 0. The molecule has 1 aliphatic rings. The summed E-state index contributed by atoms with van der Waals surface area (Å²) in [6, 6.07) is 14.7. The van der Waals surface area contributed by atoms with Crippen LogP contribution in [-0.2, 0) is 4.79 Å². The van der Waals surface area contributed by atoms with E-state index in [2.05, 4.69) is 10.3 Å². The van der Waals surface area contributed by atoms with Crippen LogP contribution in [0.1, 0.15) is 27.6 Å². The molecular formula is C20H15N3O3. The second-order valence-electron chi connectivity index (χ2n) is 6.07. The van der Waals surface area contributed by atoms with E-state index in [4.69, 9.17) is 0 Å². The predicted molar refractivity (Wildman–Crippen MR) is 96.8 cm³/mol. The molecule has 4 rings (SSSR count). The molecule has 3 amide bonds. The number of carbonyl (C=O) groups is 3. The lowest BCUT2D eigenvalue weighted by Crippen LogP contribution is -2.45. The molecule has 0 radical (unpaired) electrons. The third kappa shape index (κ3) is 2.43. The maximum absolute atomic E-state index is 12.7. The molecule has 1 N–H and O–H groups in total. The number of hydrogen-bond acceptors (Lipinski definition) is 4. The van der Waals surface area contributed by atoms with Crippen LogP contribution in [0.25, 0.3) is 10.9 Å². The lowest BCUT2D eigenvalue weighted by molar-refractivity contribution is -0.119. The molecule has 0 aliphatic carbocycles. The summed E-state index contributed by atoms with van der Waals surface area (Å²) in [5, 5.41) is 3.59. The average molecular weight is 345 g/mol. The monoisotopic (exact) mass is 345 g/mol. The van der Waals surface area contributed by atoms with Gasteiger partial charge < -0.3 is 5.32 Å². The molecule has 1 atom stereocenters. The summed E-state index contributed by atoms with van der Waals surface area (Å²) in [5.41, 5.74) is 1.99. The predicted octanol–water partition coefficient (Wildman–Crippen LogP) is 2.86. The zero-order chi connectivity index (χ0) is 18.3. The minimum absolute atomic E-state index is 0.325. The van der Waals surface area contributed by atoms with E-state index < -0.39 is 23.8 Å². The number of amides is 3. The van der Waals surface area contributed by atoms with Crippen molar-refractivity contribution in [2.45, 2.75) is 13.0 Å². The van der Waals surface area contributed by atoms with Crippen LogP contribution in [-0.4, -0.2) is 33.6 Å². The first-order valence-corrected chi connectivity index (χ1v) is 8.19. The molecule has 3 aromatic rings. The van der Waals surface area contributed by atoms with E-state index in [0.29, 0.717) is 16.8 Å². The van der Waals surface area contributed by atoms with E-state index in [-0.39, 0.29) is 0 Å². The molecule has 0 bridgehead atoms. The Morgan fingerprint density at radius 3 is 2.35 bits per heavy atom. The van der Waals surface area contributed by atoms with E-state index in [1.807, 2.05) is 12.1 Å². The number of hydrogen-bond donors (Lipinski definition) is 1. The van der Waals surface area contributed by atoms with Gasteiger partial charge in [-0.3, -0.25) is 24.3 Å². The zero-order valence-electron chi connectivity index (χ0n) is 14.0. The molecule has 1 aromatic heterocycles. The van der Waals surface area contributed by atoms with Crippen LogP contribution >= 0.6 is 0 Å². The zero-order valence-corrected chi connectivity index (χ0v) is 14.0. The van der Waals surface area contributed by atoms with Crippen LogP contribution in [0.3, 0.4) is 0 Å². The van der Waals surface area contributed by atoms with Gasteiger partial charge in [-0.15, -0.1) is 0 Å². The Hall–Kier alpha value is -3.54. The van der Waals surface area contributed by atoms with Gasteiger partial charge in [0.1, 0.15) is 6.04 Å². The molecule has 128 valence electrons. The Morgan fingerprint density at radius 2 is 1.65 bits per heavy atom. The van der Waals surface area contributed by atoms with Gasteiger partial charge in [-0.25, -0.2) is 0 Å². The van der Waals surface area contributed by atoms with Crippen LogP contribution in [0.5, 0.6) is 0 Å². The van der Waals surface area contributed by atoms with Crippen molar-refractivity contribution < 1.29 is 14.4 Å². The highest BCUT2D eigenvalue weighted by Crippen LogP contribution is 2.26. The molecule has 0 unspecified atom stereocenters. The van der Waals surface area contributed by atoms with E-state index in [0.717, 1.165) is 15.8 Å². The second-order valence-corrected chi connectivity index (χ2v) is 6.07. The first-order chi connectivity index (χ1) is 12.6. The largest absolute Gasteiger partial charge is 0.324 e. The average Bonchev–Trinajstić information content (AvgIpc) is 2.92. The van der Waals surface area contributed by atoms with Crippen LogP contribution in [0.2, 0.25) is 0 Å². The van der Waals surface area contributed by atoms with E-state index in [9.17, 15) is 14.4 Å². The smallest absolute Gasteiger partial charge is 0.262 e. The van der Waals surface area contributed by atoms with Crippen molar-refractivity contribution >= 4 is 34.3 Å². The van der Waals surface area contributed by atoms with Crippen molar-refractivity contribution in [3.8, 4) is 0 Å². The highest BCUT2D eigenvalue weighted by Gasteiger charge is 2.40. The lowest BCUT2D eigenvalue weighted by Gasteiger charge is -2.22. The highest BCUT2D eigenvalue weighted by molar-refractivity contribution is 6.23. The number of imide groups is 1. The number of aromatic nitrogens is 1.